The monoisotopic (exact) mass is 339 g/mol. The number of rotatable bonds is 5. The first-order valence-corrected chi connectivity index (χ1v) is 7.22. The highest BCUT2D eigenvalue weighted by Gasteiger charge is 2.21. The van der Waals surface area contributed by atoms with Gasteiger partial charge in [-0.3, -0.25) is 4.79 Å². The Morgan fingerprint density at radius 2 is 2.11 bits per heavy atom. The molecule has 0 aliphatic rings. The molecule has 0 bridgehead atoms. The van der Waals surface area contributed by atoms with Crippen LogP contribution in [0.1, 0.15) is 5.56 Å². The van der Waals surface area contributed by atoms with Gasteiger partial charge in [0.25, 0.3) is 0 Å². The van der Waals surface area contributed by atoms with Crippen molar-refractivity contribution in [2.75, 3.05) is 13.6 Å². The van der Waals surface area contributed by atoms with Crippen LogP contribution in [-0.4, -0.2) is 37.4 Å². The van der Waals surface area contributed by atoms with E-state index in [1.165, 1.54) is 19.2 Å². The number of nitrogens with zero attached hydrogens (tertiary/aromatic N) is 1. The van der Waals surface area contributed by atoms with Crippen molar-refractivity contribution in [3.63, 3.8) is 0 Å². The molecule has 0 saturated carbocycles. The number of halogens is 2. The second-order valence-electron chi connectivity index (χ2n) is 3.65. The molecule has 5 nitrogen and oxygen atoms in total. The lowest BCUT2D eigenvalue weighted by molar-refractivity contribution is -0.137. The molecule has 0 amide bonds. The van der Waals surface area contributed by atoms with Gasteiger partial charge in [0, 0.05) is 7.05 Å². The molecule has 0 fully saturated rings. The molecule has 1 aromatic rings. The van der Waals surface area contributed by atoms with E-state index in [9.17, 15) is 17.6 Å². The molecule has 0 spiro atoms. The van der Waals surface area contributed by atoms with Gasteiger partial charge in [-0.1, -0.05) is 6.07 Å². The first-order chi connectivity index (χ1) is 8.22. The lowest BCUT2D eigenvalue weighted by atomic mass is 10.2. The smallest absolute Gasteiger partial charge is 0.318 e. The molecule has 0 unspecified atom stereocenters. The van der Waals surface area contributed by atoms with E-state index in [0.717, 1.165) is 10.4 Å². The van der Waals surface area contributed by atoms with E-state index in [2.05, 4.69) is 15.9 Å². The fourth-order valence-electron chi connectivity index (χ4n) is 1.24. The number of hydrogen-bond donors (Lipinski definition) is 1. The van der Waals surface area contributed by atoms with Crippen molar-refractivity contribution >= 4 is 31.9 Å². The van der Waals surface area contributed by atoms with Crippen LogP contribution in [0.2, 0.25) is 0 Å². The Kier molecular flexibility index (Phi) is 4.83. The highest BCUT2D eigenvalue weighted by Crippen LogP contribution is 2.18. The maximum atomic E-state index is 13.2. The Bertz CT molecular complexity index is 561. The minimum Gasteiger partial charge on any atom is -0.480 e. The molecular formula is C10H11BrFNO4S. The van der Waals surface area contributed by atoms with Gasteiger partial charge < -0.3 is 5.11 Å². The van der Waals surface area contributed by atoms with Gasteiger partial charge in [0.1, 0.15) is 12.4 Å². The second kappa shape index (κ2) is 5.77. The Morgan fingerprint density at radius 1 is 1.50 bits per heavy atom. The Morgan fingerprint density at radius 3 is 2.61 bits per heavy atom. The van der Waals surface area contributed by atoms with Gasteiger partial charge in [-0.05, 0) is 33.6 Å². The molecule has 1 aromatic carbocycles. The summed E-state index contributed by atoms with van der Waals surface area (Å²) in [5, 5.41) is 8.52. The van der Waals surface area contributed by atoms with E-state index in [1.54, 1.807) is 0 Å². The van der Waals surface area contributed by atoms with Crippen LogP contribution >= 0.6 is 15.9 Å². The molecule has 0 radical (unpaired) electrons. The standard InChI is InChI=1S/C10H11BrFNO4S/c1-13(5-10(14)15)18(16,17)6-7-2-3-8(11)9(12)4-7/h2-4H,5-6H2,1H3,(H,14,15). The van der Waals surface area contributed by atoms with E-state index < -0.39 is 34.1 Å². The predicted octanol–water partition coefficient (Wildman–Crippen LogP) is 1.43. The normalized spacial score (nSPS) is 11.8. The zero-order chi connectivity index (χ0) is 13.9. The highest BCUT2D eigenvalue weighted by atomic mass is 79.9. The third-order valence-corrected chi connectivity index (χ3v) is 4.59. The van der Waals surface area contributed by atoms with Crippen LogP contribution < -0.4 is 0 Å². The Balaban J connectivity index is 2.88. The summed E-state index contributed by atoms with van der Waals surface area (Å²) in [6.07, 6.45) is 0. The number of hydrogen-bond acceptors (Lipinski definition) is 3. The van der Waals surface area contributed by atoms with E-state index in [4.69, 9.17) is 5.11 Å². The van der Waals surface area contributed by atoms with Gasteiger partial charge in [-0.25, -0.2) is 12.8 Å². The molecule has 8 heteroatoms. The van der Waals surface area contributed by atoms with Crippen molar-refractivity contribution in [3.05, 3.63) is 34.1 Å². The van der Waals surface area contributed by atoms with Crippen molar-refractivity contribution < 1.29 is 22.7 Å². The zero-order valence-electron chi connectivity index (χ0n) is 9.43. The molecular weight excluding hydrogens is 329 g/mol. The van der Waals surface area contributed by atoms with Crippen LogP contribution in [0.4, 0.5) is 4.39 Å². The Labute approximate surface area is 112 Å². The first kappa shape index (κ1) is 15.1. The number of carbonyl (C=O) groups is 1. The number of likely N-dealkylation sites (N-methyl/N-ethyl adjacent to an activating group) is 1. The molecule has 1 rings (SSSR count). The summed E-state index contributed by atoms with van der Waals surface area (Å²) in [6.45, 7) is -0.624. The van der Waals surface area contributed by atoms with E-state index in [-0.39, 0.29) is 10.0 Å². The first-order valence-electron chi connectivity index (χ1n) is 4.82. The van der Waals surface area contributed by atoms with Gasteiger partial charge in [0.15, 0.2) is 0 Å². The molecule has 0 heterocycles. The van der Waals surface area contributed by atoms with Crippen molar-refractivity contribution in [2.45, 2.75) is 5.75 Å². The zero-order valence-corrected chi connectivity index (χ0v) is 11.8. The minimum absolute atomic E-state index is 0.238. The molecule has 0 aromatic heterocycles. The number of benzene rings is 1. The van der Waals surface area contributed by atoms with Crippen molar-refractivity contribution in [2.24, 2.45) is 0 Å². The van der Waals surface area contributed by atoms with Crippen LogP contribution in [0.15, 0.2) is 22.7 Å². The summed E-state index contributed by atoms with van der Waals surface area (Å²) in [4.78, 5) is 10.4. The molecule has 0 aliphatic heterocycles. The molecule has 18 heavy (non-hydrogen) atoms. The average molecular weight is 340 g/mol. The highest BCUT2D eigenvalue weighted by molar-refractivity contribution is 9.10. The quantitative estimate of drug-likeness (QED) is 0.880. The number of carboxylic acid groups (broad SMARTS) is 1. The van der Waals surface area contributed by atoms with E-state index in [1.807, 2.05) is 0 Å². The fraction of sp³-hybridized carbons (Fsp3) is 0.300. The Hall–Kier alpha value is -0.990. The van der Waals surface area contributed by atoms with Gasteiger partial charge >= 0.3 is 5.97 Å². The topological polar surface area (TPSA) is 74.7 Å². The molecule has 100 valence electrons. The number of aliphatic carboxylic acids is 1. The lowest BCUT2D eigenvalue weighted by Gasteiger charge is -2.14. The lowest BCUT2D eigenvalue weighted by Crippen LogP contribution is -2.32. The van der Waals surface area contributed by atoms with Gasteiger partial charge in [0.2, 0.25) is 10.0 Å². The summed E-state index contributed by atoms with van der Waals surface area (Å²) in [7, 11) is -2.60. The summed E-state index contributed by atoms with van der Waals surface area (Å²) in [5.74, 6) is -2.26. The summed E-state index contributed by atoms with van der Waals surface area (Å²) in [5.41, 5.74) is 0.257. The summed E-state index contributed by atoms with van der Waals surface area (Å²) >= 11 is 2.96. The van der Waals surface area contributed by atoms with Crippen molar-refractivity contribution in [1.82, 2.24) is 4.31 Å². The van der Waals surface area contributed by atoms with E-state index in [0.29, 0.717) is 0 Å². The molecule has 0 saturated heterocycles. The summed E-state index contributed by atoms with van der Waals surface area (Å²) in [6, 6.07) is 3.95. The maximum absolute atomic E-state index is 13.2. The van der Waals surface area contributed by atoms with Crippen molar-refractivity contribution in [3.8, 4) is 0 Å². The second-order valence-corrected chi connectivity index (χ2v) is 6.58. The fourth-order valence-corrected chi connectivity index (χ4v) is 2.61. The largest absolute Gasteiger partial charge is 0.480 e. The number of carboxylic acids is 1. The minimum atomic E-state index is -3.77. The van der Waals surface area contributed by atoms with Gasteiger partial charge in [0.05, 0.1) is 10.2 Å². The van der Waals surface area contributed by atoms with Crippen LogP contribution in [-0.2, 0) is 20.6 Å². The van der Waals surface area contributed by atoms with Gasteiger partial charge in [-0.2, -0.15) is 4.31 Å². The van der Waals surface area contributed by atoms with Crippen LogP contribution in [0.3, 0.4) is 0 Å². The predicted molar refractivity (Wildman–Crippen MR) is 67.0 cm³/mol. The SMILES string of the molecule is CN(CC(=O)O)S(=O)(=O)Cc1ccc(Br)c(F)c1. The maximum Gasteiger partial charge on any atom is 0.318 e. The van der Waals surface area contributed by atoms with Crippen LogP contribution in [0.25, 0.3) is 0 Å². The van der Waals surface area contributed by atoms with Crippen molar-refractivity contribution in [1.29, 1.82) is 0 Å². The van der Waals surface area contributed by atoms with Crippen LogP contribution in [0.5, 0.6) is 0 Å². The van der Waals surface area contributed by atoms with Crippen LogP contribution in [0, 0.1) is 5.82 Å². The molecule has 0 aliphatic carbocycles. The third-order valence-electron chi connectivity index (χ3n) is 2.17. The van der Waals surface area contributed by atoms with Gasteiger partial charge in [-0.15, -0.1) is 0 Å². The molecule has 0 atom stereocenters. The average Bonchev–Trinajstić information content (AvgIpc) is 2.22. The third kappa shape index (κ3) is 4.04. The summed E-state index contributed by atoms with van der Waals surface area (Å²) < 4.78 is 37.7. The molecule has 1 N–H and O–H groups in total. The number of sulfonamides is 1. The van der Waals surface area contributed by atoms with E-state index >= 15 is 0 Å².